The molecule has 0 aromatic carbocycles. The summed E-state index contributed by atoms with van der Waals surface area (Å²) in [4.78, 5) is 22.6. The van der Waals surface area contributed by atoms with Crippen molar-refractivity contribution in [2.75, 3.05) is 19.6 Å². The van der Waals surface area contributed by atoms with Crippen LogP contribution in [-0.4, -0.2) is 37.5 Å². The molecule has 2 rings (SSSR count). The molecule has 5 heteroatoms. The lowest BCUT2D eigenvalue weighted by Gasteiger charge is -2.23. The van der Waals surface area contributed by atoms with Crippen molar-refractivity contribution in [3.05, 3.63) is 0 Å². The van der Waals surface area contributed by atoms with Crippen LogP contribution in [0.25, 0.3) is 0 Å². The Morgan fingerprint density at radius 3 is 2.88 bits per heavy atom. The Morgan fingerprint density at radius 1 is 1.56 bits per heavy atom. The number of amides is 2. The Labute approximate surface area is 95.3 Å². The van der Waals surface area contributed by atoms with Crippen LogP contribution in [0.1, 0.15) is 19.8 Å². The number of rotatable bonds is 4. The van der Waals surface area contributed by atoms with Gasteiger partial charge >= 0.3 is 0 Å². The maximum atomic E-state index is 11.7. The lowest BCUT2D eigenvalue weighted by molar-refractivity contribution is -0.126. The predicted octanol–water partition coefficient (Wildman–Crippen LogP) is -0.763. The van der Waals surface area contributed by atoms with Gasteiger partial charge in [-0.2, -0.15) is 0 Å². The zero-order valence-electron chi connectivity index (χ0n) is 9.58. The van der Waals surface area contributed by atoms with Gasteiger partial charge in [0.2, 0.25) is 11.8 Å². The molecule has 3 N–H and O–H groups in total. The maximum Gasteiger partial charge on any atom is 0.238 e. The third-order valence-electron chi connectivity index (χ3n) is 3.35. The second kappa shape index (κ2) is 4.82. The minimum Gasteiger partial charge on any atom is -0.354 e. The lowest BCUT2D eigenvalue weighted by Crippen LogP contribution is -2.58. The van der Waals surface area contributed by atoms with Crippen LogP contribution in [0.2, 0.25) is 0 Å². The van der Waals surface area contributed by atoms with Gasteiger partial charge in [-0.1, -0.05) is 6.92 Å². The van der Waals surface area contributed by atoms with Gasteiger partial charge in [0.1, 0.15) is 6.04 Å². The molecule has 1 aliphatic carbocycles. The average molecular weight is 225 g/mol. The Bertz CT molecular complexity index is 279. The van der Waals surface area contributed by atoms with Gasteiger partial charge in [-0.05, 0) is 24.7 Å². The first-order valence-electron chi connectivity index (χ1n) is 5.94. The van der Waals surface area contributed by atoms with Crippen LogP contribution in [0.15, 0.2) is 0 Å². The van der Waals surface area contributed by atoms with Gasteiger partial charge in [-0.25, -0.2) is 0 Å². The van der Waals surface area contributed by atoms with E-state index in [1.807, 2.05) is 0 Å². The molecule has 5 nitrogen and oxygen atoms in total. The van der Waals surface area contributed by atoms with Crippen molar-refractivity contribution in [2.24, 2.45) is 11.8 Å². The molecule has 0 radical (unpaired) electrons. The summed E-state index contributed by atoms with van der Waals surface area (Å²) in [7, 11) is 0. The van der Waals surface area contributed by atoms with E-state index in [1.54, 1.807) is 0 Å². The van der Waals surface area contributed by atoms with Crippen molar-refractivity contribution >= 4 is 11.8 Å². The molecule has 16 heavy (non-hydrogen) atoms. The van der Waals surface area contributed by atoms with Gasteiger partial charge in [0.15, 0.2) is 0 Å². The Morgan fingerprint density at radius 2 is 2.31 bits per heavy atom. The first kappa shape index (κ1) is 11.4. The molecular formula is C11H19N3O2. The normalized spacial score (nSPS) is 27.1. The van der Waals surface area contributed by atoms with Crippen LogP contribution < -0.4 is 16.0 Å². The Balaban J connectivity index is 1.68. The first-order valence-corrected chi connectivity index (χ1v) is 5.94. The van der Waals surface area contributed by atoms with E-state index in [2.05, 4.69) is 22.9 Å². The minimum absolute atomic E-state index is 0.00694. The molecular weight excluding hydrogens is 206 g/mol. The number of carbonyl (C=O) groups excluding carboxylic acids is 2. The smallest absolute Gasteiger partial charge is 0.238 e. The maximum absolute atomic E-state index is 11.7. The Hall–Kier alpha value is -1.10. The highest BCUT2D eigenvalue weighted by molar-refractivity contribution is 5.86. The summed E-state index contributed by atoms with van der Waals surface area (Å²) in [6.45, 7) is 3.54. The highest BCUT2D eigenvalue weighted by Gasteiger charge is 2.29. The summed E-state index contributed by atoms with van der Waals surface area (Å²) >= 11 is 0. The van der Waals surface area contributed by atoms with E-state index in [9.17, 15) is 9.59 Å². The number of hydrogen-bond acceptors (Lipinski definition) is 3. The minimum atomic E-state index is -0.274. The van der Waals surface area contributed by atoms with Gasteiger partial charge in [0, 0.05) is 13.1 Å². The van der Waals surface area contributed by atoms with Gasteiger partial charge in [0.05, 0.1) is 6.54 Å². The third-order valence-corrected chi connectivity index (χ3v) is 3.35. The van der Waals surface area contributed by atoms with E-state index in [4.69, 9.17) is 0 Å². The number of hydrogen-bond donors (Lipinski definition) is 3. The lowest BCUT2D eigenvalue weighted by atomic mass is 10.1. The fourth-order valence-corrected chi connectivity index (χ4v) is 1.97. The van der Waals surface area contributed by atoms with E-state index < -0.39 is 0 Å². The highest BCUT2D eigenvalue weighted by Crippen LogP contribution is 2.35. The quantitative estimate of drug-likeness (QED) is 0.589. The molecule has 0 aromatic rings. The molecule has 2 fully saturated rings. The summed E-state index contributed by atoms with van der Waals surface area (Å²) in [5.41, 5.74) is 0. The summed E-state index contributed by atoms with van der Waals surface area (Å²) in [5.74, 6) is 1.32. The molecule has 0 spiro atoms. The zero-order chi connectivity index (χ0) is 11.5. The summed E-state index contributed by atoms with van der Waals surface area (Å²) < 4.78 is 0. The molecule has 2 amide bonds. The van der Waals surface area contributed by atoms with Gasteiger partial charge < -0.3 is 10.6 Å². The van der Waals surface area contributed by atoms with Crippen molar-refractivity contribution in [1.82, 2.24) is 16.0 Å². The van der Waals surface area contributed by atoms with Crippen LogP contribution >= 0.6 is 0 Å². The van der Waals surface area contributed by atoms with Gasteiger partial charge in [0.25, 0.3) is 0 Å². The fourth-order valence-electron chi connectivity index (χ4n) is 1.97. The molecule has 2 aliphatic rings. The molecule has 1 aliphatic heterocycles. The van der Waals surface area contributed by atoms with E-state index in [0.717, 1.165) is 12.5 Å². The highest BCUT2D eigenvalue weighted by atomic mass is 16.2. The fraction of sp³-hybridized carbons (Fsp3) is 0.818. The number of piperazine rings is 1. The molecule has 1 saturated carbocycles. The van der Waals surface area contributed by atoms with Crippen molar-refractivity contribution < 1.29 is 9.59 Å². The molecule has 2 unspecified atom stereocenters. The SMILES string of the molecule is CC(CNC(=O)C1CNC(=O)CN1)C1CC1. The van der Waals surface area contributed by atoms with Gasteiger partial charge in [-0.15, -0.1) is 0 Å². The standard InChI is InChI=1S/C11H19N3O2/c1-7(8-2-3-8)4-14-11(16)9-5-13-10(15)6-12-9/h7-9,12H,2-6H2,1H3,(H,13,15)(H,14,16). The summed E-state index contributed by atoms with van der Waals surface area (Å²) in [6.07, 6.45) is 2.60. The van der Waals surface area contributed by atoms with Crippen molar-refractivity contribution in [3.8, 4) is 0 Å². The van der Waals surface area contributed by atoms with Crippen molar-refractivity contribution in [1.29, 1.82) is 0 Å². The summed E-state index contributed by atoms with van der Waals surface area (Å²) in [6, 6.07) is -0.274. The molecule has 0 aromatic heterocycles. The molecule has 1 saturated heterocycles. The number of nitrogens with one attached hydrogen (secondary N) is 3. The second-order valence-electron chi connectivity index (χ2n) is 4.80. The van der Waals surface area contributed by atoms with Crippen LogP contribution in [0, 0.1) is 11.8 Å². The molecule has 1 heterocycles. The van der Waals surface area contributed by atoms with E-state index in [0.29, 0.717) is 12.5 Å². The number of carbonyl (C=O) groups is 2. The monoisotopic (exact) mass is 225 g/mol. The molecule has 0 bridgehead atoms. The average Bonchev–Trinajstić information content (AvgIpc) is 3.10. The van der Waals surface area contributed by atoms with Crippen LogP contribution in [0.4, 0.5) is 0 Å². The van der Waals surface area contributed by atoms with Crippen LogP contribution in [0.5, 0.6) is 0 Å². The van der Waals surface area contributed by atoms with E-state index >= 15 is 0 Å². The van der Waals surface area contributed by atoms with E-state index in [-0.39, 0.29) is 24.4 Å². The second-order valence-corrected chi connectivity index (χ2v) is 4.80. The topological polar surface area (TPSA) is 70.2 Å². The third kappa shape index (κ3) is 2.95. The van der Waals surface area contributed by atoms with Gasteiger partial charge in [-0.3, -0.25) is 14.9 Å². The molecule has 2 atom stereocenters. The van der Waals surface area contributed by atoms with Crippen LogP contribution in [-0.2, 0) is 9.59 Å². The zero-order valence-corrected chi connectivity index (χ0v) is 9.58. The summed E-state index contributed by atoms with van der Waals surface area (Å²) in [5, 5.41) is 8.52. The predicted molar refractivity (Wildman–Crippen MR) is 59.7 cm³/mol. The largest absolute Gasteiger partial charge is 0.354 e. The van der Waals surface area contributed by atoms with Crippen molar-refractivity contribution in [2.45, 2.75) is 25.8 Å². The Kier molecular flexibility index (Phi) is 3.43. The van der Waals surface area contributed by atoms with Crippen molar-refractivity contribution in [3.63, 3.8) is 0 Å². The van der Waals surface area contributed by atoms with E-state index in [1.165, 1.54) is 12.8 Å². The first-order chi connectivity index (χ1) is 7.66. The molecule has 90 valence electrons. The van der Waals surface area contributed by atoms with Crippen LogP contribution in [0.3, 0.4) is 0 Å².